The molecule has 0 aliphatic heterocycles. The summed E-state index contributed by atoms with van der Waals surface area (Å²) in [6.45, 7) is 0. The van der Waals surface area contributed by atoms with Crippen LogP contribution in [0, 0.1) is 15.3 Å². The fraction of sp³-hybridized carbons (Fsp3) is 0.125. The maximum Gasteiger partial charge on any atom is 0.288 e. The molecule has 1 aromatic heterocycles. The van der Waals surface area contributed by atoms with Crippen molar-refractivity contribution in [2.45, 2.75) is 0 Å². The first-order valence-corrected chi connectivity index (χ1v) is 4.42. The zero-order valence-electron chi connectivity index (χ0n) is 8.65. The largest absolute Gasteiger partial charge is 0.594 e. The summed E-state index contributed by atoms with van der Waals surface area (Å²) >= 11 is 0. The van der Waals surface area contributed by atoms with E-state index in [4.69, 9.17) is 10.5 Å². The maximum atomic E-state index is 11.4. The molecule has 2 N–H and O–H groups in total. The van der Waals surface area contributed by atoms with Gasteiger partial charge in [-0.1, -0.05) is 0 Å². The fourth-order valence-electron chi connectivity index (χ4n) is 1.38. The first kappa shape index (κ1) is 10.8. The maximum absolute atomic E-state index is 11.4. The number of nitro benzene ring substituents is 1. The molecule has 0 amide bonds. The molecule has 0 spiro atoms. The van der Waals surface area contributed by atoms with Crippen LogP contribution in [0.15, 0.2) is 12.1 Å². The van der Waals surface area contributed by atoms with Crippen LogP contribution in [0.2, 0.25) is 0 Å². The molecule has 0 radical (unpaired) electrons. The van der Waals surface area contributed by atoms with Gasteiger partial charge in [-0.25, -0.2) is 0 Å². The van der Waals surface area contributed by atoms with Crippen LogP contribution in [-0.4, -0.2) is 22.1 Å². The molecule has 2 rings (SSSR count). The lowest BCUT2D eigenvalue weighted by Gasteiger charge is -2.04. The lowest BCUT2D eigenvalue weighted by atomic mass is 10.2. The minimum atomic E-state index is -0.641. The minimum Gasteiger partial charge on any atom is -0.594 e. The number of hydrogen-bond donors (Lipinski definition) is 1. The lowest BCUT2D eigenvalue weighted by molar-refractivity contribution is -0.641. The number of aromatic nitrogens is 3. The average Bonchev–Trinajstić information content (AvgIpc) is 2.27. The molecule has 2 aromatic rings. The van der Waals surface area contributed by atoms with Crippen molar-refractivity contribution in [1.82, 2.24) is 10.1 Å². The molecule has 1 aromatic carbocycles. The molecular formula is C8H7N5O4. The minimum absolute atomic E-state index is 0.0785. The number of nitrogens with zero attached hydrogens (tertiary/aromatic N) is 4. The summed E-state index contributed by atoms with van der Waals surface area (Å²) in [4.78, 5) is 14.0. The van der Waals surface area contributed by atoms with Gasteiger partial charge in [0, 0.05) is 0 Å². The van der Waals surface area contributed by atoms with Crippen molar-refractivity contribution in [2.24, 2.45) is 0 Å². The first-order valence-electron chi connectivity index (χ1n) is 4.42. The Morgan fingerprint density at radius 2 is 2.24 bits per heavy atom. The van der Waals surface area contributed by atoms with E-state index < -0.39 is 4.92 Å². The van der Waals surface area contributed by atoms with Gasteiger partial charge < -0.3 is 15.7 Å². The van der Waals surface area contributed by atoms with Gasteiger partial charge in [-0.3, -0.25) is 10.1 Å². The van der Waals surface area contributed by atoms with Gasteiger partial charge in [0.15, 0.2) is 11.3 Å². The molecule has 0 saturated heterocycles. The summed E-state index contributed by atoms with van der Waals surface area (Å²) in [6.07, 6.45) is 0. The van der Waals surface area contributed by atoms with Gasteiger partial charge >= 0.3 is 0 Å². The summed E-state index contributed by atoms with van der Waals surface area (Å²) in [5.41, 5.74) is 5.08. The zero-order valence-corrected chi connectivity index (χ0v) is 8.65. The average molecular weight is 237 g/mol. The van der Waals surface area contributed by atoms with E-state index in [1.807, 2.05) is 0 Å². The molecule has 0 atom stereocenters. The SMILES string of the molecule is COc1cc([N+](=O)[O-])cc2c1nc(N)n[n+]2[O-]. The molecule has 17 heavy (non-hydrogen) atoms. The van der Waals surface area contributed by atoms with E-state index in [2.05, 4.69) is 10.1 Å². The number of hydrogen-bond acceptors (Lipinski definition) is 7. The van der Waals surface area contributed by atoms with Crippen molar-refractivity contribution in [3.05, 3.63) is 27.5 Å². The number of rotatable bonds is 2. The monoisotopic (exact) mass is 237 g/mol. The van der Waals surface area contributed by atoms with Crippen molar-refractivity contribution in [2.75, 3.05) is 12.8 Å². The third kappa shape index (κ3) is 1.73. The Kier molecular flexibility index (Phi) is 2.35. The Morgan fingerprint density at radius 3 is 2.82 bits per heavy atom. The van der Waals surface area contributed by atoms with Crippen molar-refractivity contribution < 1.29 is 14.5 Å². The molecule has 0 aliphatic carbocycles. The van der Waals surface area contributed by atoms with Crippen molar-refractivity contribution in [3.63, 3.8) is 0 Å². The van der Waals surface area contributed by atoms with Crippen LogP contribution in [-0.2, 0) is 0 Å². The van der Waals surface area contributed by atoms with Gasteiger partial charge in [-0.05, 0) is 4.85 Å². The highest BCUT2D eigenvalue weighted by atomic mass is 16.6. The predicted molar refractivity (Wildman–Crippen MR) is 56.1 cm³/mol. The number of anilines is 1. The third-order valence-corrected chi connectivity index (χ3v) is 2.10. The lowest BCUT2D eigenvalue weighted by Crippen LogP contribution is -2.33. The second-order valence-corrected chi connectivity index (χ2v) is 3.12. The van der Waals surface area contributed by atoms with Gasteiger partial charge in [-0.2, -0.15) is 4.98 Å². The number of benzene rings is 1. The zero-order chi connectivity index (χ0) is 12.6. The molecule has 0 fully saturated rings. The number of ether oxygens (including phenoxy) is 1. The molecule has 9 nitrogen and oxygen atoms in total. The van der Waals surface area contributed by atoms with Crippen LogP contribution < -0.4 is 15.3 Å². The van der Waals surface area contributed by atoms with E-state index in [-0.39, 0.29) is 33.3 Å². The Labute approximate surface area is 94.2 Å². The summed E-state index contributed by atoms with van der Waals surface area (Å²) in [5, 5.41) is 25.4. The topological polar surface area (TPSA) is 131 Å². The Hall–Kier alpha value is -2.71. The summed E-state index contributed by atoms with van der Waals surface area (Å²) < 4.78 is 4.93. The van der Waals surface area contributed by atoms with Gasteiger partial charge in [-0.15, -0.1) is 0 Å². The number of nitrogens with two attached hydrogens (primary N) is 1. The Balaban J connectivity index is 2.87. The smallest absolute Gasteiger partial charge is 0.288 e. The highest BCUT2D eigenvalue weighted by molar-refractivity contribution is 5.81. The Bertz CT molecular complexity index is 614. The number of nitrogen functional groups attached to an aromatic ring is 1. The number of methoxy groups -OCH3 is 1. The molecule has 0 aliphatic rings. The van der Waals surface area contributed by atoms with Crippen LogP contribution in [0.5, 0.6) is 5.75 Å². The predicted octanol–water partition coefficient (Wildman–Crippen LogP) is -0.238. The van der Waals surface area contributed by atoms with E-state index in [9.17, 15) is 15.3 Å². The van der Waals surface area contributed by atoms with Crippen LogP contribution in [0.1, 0.15) is 0 Å². The van der Waals surface area contributed by atoms with Crippen LogP contribution in [0.25, 0.3) is 11.0 Å². The first-order chi connectivity index (χ1) is 8.02. The number of non-ortho nitro benzene ring substituents is 1. The highest BCUT2D eigenvalue weighted by Crippen LogP contribution is 2.27. The summed E-state index contributed by atoms with van der Waals surface area (Å²) in [7, 11) is 1.31. The molecule has 0 bridgehead atoms. The standard InChI is InChI=1S/C8H7N5O4/c1-17-6-3-4(13(15)16)2-5-7(6)10-8(9)11-12(5)14/h2-3H,1H3,(H2,9,10,11). The summed E-state index contributed by atoms with van der Waals surface area (Å²) in [6, 6.07) is 2.22. The molecule has 1 heterocycles. The Morgan fingerprint density at radius 1 is 1.53 bits per heavy atom. The van der Waals surface area contributed by atoms with Crippen molar-refractivity contribution >= 4 is 22.7 Å². The van der Waals surface area contributed by atoms with Gasteiger partial charge in [0.2, 0.25) is 0 Å². The van der Waals surface area contributed by atoms with E-state index in [0.717, 1.165) is 12.1 Å². The normalized spacial score (nSPS) is 10.4. The number of fused-ring (bicyclic) bond motifs is 1. The van der Waals surface area contributed by atoms with Gasteiger partial charge in [0.25, 0.3) is 17.2 Å². The summed E-state index contributed by atoms with van der Waals surface area (Å²) in [5.74, 6) is -0.146. The fourth-order valence-corrected chi connectivity index (χ4v) is 1.38. The van der Waals surface area contributed by atoms with Crippen LogP contribution in [0.4, 0.5) is 11.6 Å². The van der Waals surface area contributed by atoms with Crippen molar-refractivity contribution in [1.29, 1.82) is 0 Å². The second-order valence-electron chi connectivity index (χ2n) is 3.12. The second kappa shape index (κ2) is 3.70. The molecule has 9 heteroatoms. The molecular weight excluding hydrogens is 230 g/mol. The van der Waals surface area contributed by atoms with Crippen LogP contribution in [0.3, 0.4) is 0 Å². The van der Waals surface area contributed by atoms with E-state index in [0.29, 0.717) is 0 Å². The molecule has 0 unspecified atom stereocenters. The van der Waals surface area contributed by atoms with E-state index >= 15 is 0 Å². The van der Waals surface area contributed by atoms with Crippen molar-refractivity contribution in [3.8, 4) is 5.75 Å². The van der Waals surface area contributed by atoms with E-state index in [1.165, 1.54) is 7.11 Å². The molecule has 0 saturated carbocycles. The number of nitro groups is 1. The third-order valence-electron chi connectivity index (χ3n) is 2.10. The van der Waals surface area contributed by atoms with Gasteiger partial charge in [0.05, 0.1) is 29.3 Å². The quantitative estimate of drug-likeness (QED) is 0.330. The highest BCUT2D eigenvalue weighted by Gasteiger charge is 2.20. The van der Waals surface area contributed by atoms with Gasteiger partial charge in [0.1, 0.15) is 0 Å². The van der Waals surface area contributed by atoms with Crippen LogP contribution >= 0.6 is 0 Å². The van der Waals surface area contributed by atoms with E-state index in [1.54, 1.807) is 0 Å². The molecule has 88 valence electrons.